The fourth-order valence-corrected chi connectivity index (χ4v) is 6.36. The van der Waals surface area contributed by atoms with Gasteiger partial charge in [0.15, 0.2) is 0 Å². The third kappa shape index (κ3) is 4.38. The molecule has 1 aliphatic carbocycles. The second-order valence-electron chi connectivity index (χ2n) is 10.4. The second kappa shape index (κ2) is 10.7. The first kappa shape index (κ1) is 24.1. The minimum Gasteiger partial charge on any atom is -0.0622 e. The van der Waals surface area contributed by atoms with Gasteiger partial charge in [0.25, 0.3) is 0 Å². The highest BCUT2D eigenvalue weighted by atomic mass is 14.4. The van der Waals surface area contributed by atoms with E-state index in [0.29, 0.717) is 0 Å². The topological polar surface area (TPSA) is 0 Å². The van der Waals surface area contributed by atoms with Gasteiger partial charge in [-0.1, -0.05) is 164 Å². The lowest BCUT2D eigenvalue weighted by Gasteiger charge is -2.35. The van der Waals surface area contributed by atoms with E-state index in [4.69, 9.17) is 0 Å². The zero-order chi connectivity index (χ0) is 26.7. The van der Waals surface area contributed by atoms with Gasteiger partial charge in [-0.25, -0.2) is 0 Å². The van der Waals surface area contributed by atoms with Gasteiger partial charge in [0, 0.05) is 5.92 Å². The Bertz CT molecular complexity index is 1770. The maximum atomic E-state index is 2.38. The summed E-state index contributed by atoms with van der Waals surface area (Å²) in [5, 5.41) is 0. The minimum absolute atomic E-state index is 0.0847. The molecule has 1 unspecified atom stereocenters. The molecule has 0 aromatic heterocycles. The predicted octanol–water partition coefficient (Wildman–Crippen LogP) is 10.3. The molecule has 0 spiro atoms. The highest BCUT2D eigenvalue weighted by molar-refractivity contribution is 6.01. The van der Waals surface area contributed by atoms with Crippen LogP contribution in [0.15, 0.2) is 164 Å². The number of hydrogen-bond donors (Lipinski definition) is 0. The van der Waals surface area contributed by atoms with Gasteiger partial charge in [-0.2, -0.15) is 0 Å². The third-order valence-corrected chi connectivity index (χ3v) is 8.09. The van der Waals surface area contributed by atoms with E-state index in [1.165, 1.54) is 61.2 Å². The van der Waals surface area contributed by atoms with Crippen LogP contribution in [0, 0.1) is 0 Å². The molecule has 0 saturated heterocycles. The van der Waals surface area contributed by atoms with Crippen LogP contribution < -0.4 is 0 Å². The second-order valence-corrected chi connectivity index (χ2v) is 10.4. The Morgan fingerprint density at radius 1 is 0.400 bits per heavy atom. The van der Waals surface area contributed by atoms with Crippen LogP contribution in [0.25, 0.3) is 33.4 Å². The first-order valence-corrected chi connectivity index (χ1v) is 14.0. The lowest BCUT2D eigenvalue weighted by atomic mass is 9.68. The van der Waals surface area contributed by atoms with Crippen LogP contribution in [-0.4, -0.2) is 0 Å². The average Bonchev–Trinajstić information content (AvgIpc) is 3.05. The Balaban J connectivity index is 1.61. The van der Waals surface area contributed by atoms with E-state index in [1.807, 2.05) is 0 Å². The van der Waals surface area contributed by atoms with Gasteiger partial charge in [0.1, 0.15) is 0 Å². The van der Waals surface area contributed by atoms with Crippen molar-refractivity contribution in [3.8, 4) is 22.3 Å². The van der Waals surface area contributed by atoms with Crippen molar-refractivity contribution in [3.63, 3.8) is 0 Å². The van der Waals surface area contributed by atoms with Crippen LogP contribution in [0.5, 0.6) is 0 Å². The molecule has 0 nitrogen and oxygen atoms in total. The van der Waals surface area contributed by atoms with Crippen molar-refractivity contribution in [1.29, 1.82) is 0 Å². The maximum Gasteiger partial charge on any atom is 0.0358 e. The largest absolute Gasteiger partial charge is 0.0622 e. The number of allylic oxidation sites excluding steroid dienone is 2. The molecular weight excluding hydrogens is 480 g/mol. The van der Waals surface area contributed by atoms with Crippen molar-refractivity contribution in [1.82, 2.24) is 0 Å². The normalized spacial score (nSPS) is 14.6. The molecule has 6 aromatic rings. The van der Waals surface area contributed by atoms with Crippen molar-refractivity contribution in [2.75, 3.05) is 0 Å². The quantitative estimate of drug-likeness (QED) is 0.216. The van der Waals surface area contributed by atoms with Crippen LogP contribution in [-0.2, 0) is 6.42 Å². The molecule has 40 heavy (non-hydrogen) atoms. The highest BCUT2D eigenvalue weighted by Gasteiger charge is 2.34. The molecule has 6 aromatic carbocycles. The predicted molar refractivity (Wildman–Crippen MR) is 169 cm³/mol. The number of rotatable bonds is 5. The molecule has 1 atom stereocenters. The molecule has 0 N–H and O–H groups in total. The van der Waals surface area contributed by atoms with Crippen molar-refractivity contribution in [2.24, 2.45) is 0 Å². The summed E-state index contributed by atoms with van der Waals surface area (Å²) in [5.74, 6) is 0.0847. The van der Waals surface area contributed by atoms with Crippen LogP contribution in [0.1, 0.15) is 33.7 Å². The standard InChI is InChI=1S/C40H30/c1-6-16-29(17-7-1)35-27-26-34-28-36(30-18-8-2-9-19-30)38(32-22-12-4-13-23-32)39(33-24-14-5-15-25-33)40(34)37(35)31-20-10-3-11-21-31/h1-27,39H,28H2. The van der Waals surface area contributed by atoms with Crippen molar-refractivity contribution in [3.05, 3.63) is 192 Å². The molecule has 190 valence electrons. The number of hydrogen-bond acceptors (Lipinski definition) is 0. The lowest BCUT2D eigenvalue weighted by Crippen LogP contribution is -2.17. The molecule has 0 radical (unpaired) electrons. The molecule has 0 bridgehead atoms. The fraction of sp³-hybridized carbons (Fsp3) is 0.0500. The van der Waals surface area contributed by atoms with Crippen molar-refractivity contribution >= 4 is 11.1 Å². The van der Waals surface area contributed by atoms with Gasteiger partial charge in [-0.15, -0.1) is 0 Å². The summed E-state index contributed by atoms with van der Waals surface area (Å²) >= 11 is 0. The monoisotopic (exact) mass is 510 g/mol. The van der Waals surface area contributed by atoms with E-state index in [9.17, 15) is 0 Å². The molecule has 1 aliphatic rings. The average molecular weight is 511 g/mol. The maximum absolute atomic E-state index is 2.38. The van der Waals surface area contributed by atoms with E-state index in [1.54, 1.807) is 0 Å². The van der Waals surface area contributed by atoms with E-state index < -0.39 is 0 Å². The van der Waals surface area contributed by atoms with Crippen molar-refractivity contribution in [2.45, 2.75) is 12.3 Å². The van der Waals surface area contributed by atoms with Gasteiger partial charge in [0.05, 0.1) is 0 Å². The van der Waals surface area contributed by atoms with E-state index in [2.05, 4.69) is 164 Å². The number of fused-ring (bicyclic) bond motifs is 1. The summed E-state index contributed by atoms with van der Waals surface area (Å²) in [4.78, 5) is 0. The molecule has 0 saturated carbocycles. The van der Waals surface area contributed by atoms with Crippen LogP contribution >= 0.6 is 0 Å². The van der Waals surface area contributed by atoms with Gasteiger partial charge in [-0.05, 0) is 67.6 Å². The Labute approximate surface area is 236 Å². The Morgan fingerprint density at radius 2 is 0.875 bits per heavy atom. The smallest absolute Gasteiger partial charge is 0.0358 e. The van der Waals surface area contributed by atoms with Gasteiger partial charge >= 0.3 is 0 Å². The molecule has 0 aliphatic heterocycles. The molecule has 0 heteroatoms. The lowest BCUT2D eigenvalue weighted by molar-refractivity contribution is 0.985. The van der Waals surface area contributed by atoms with Gasteiger partial charge in [-0.3, -0.25) is 0 Å². The minimum atomic E-state index is 0.0847. The Hall–Kier alpha value is -4.94. The van der Waals surface area contributed by atoms with Crippen LogP contribution in [0.2, 0.25) is 0 Å². The first-order chi connectivity index (χ1) is 19.9. The molecule has 0 amide bonds. The summed E-state index contributed by atoms with van der Waals surface area (Å²) in [6.45, 7) is 0. The van der Waals surface area contributed by atoms with Crippen molar-refractivity contribution < 1.29 is 0 Å². The summed E-state index contributed by atoms with van der Waals surface area (Å²) in [5.41, 5.74) is 14.6. The summed E-state index contributed by atoms with van der Waals surface area (Å²) in [6, 6.07) is 59.6. The third-order valence-electron chi connectivity index (χ3n) is 8.09. The summed E-state index contributed by atoms with van der Waals surface area (Å²) in [7, 11) is 0. The highest BCUT2D eigenvalue weighted by Crippen LogP contribution is 2.53. The Kier molecular flexibility index (Phi) is 6.44. The zero-order valence-electron chi connectivity index (χ0n) is 22.4. The van der Waals surface area contributed by atoms with E-state index in [0.717, 1.165) is 6.42 Å². The molecule has 0 fully saturated rings. The fourth-order valence-electron chi connectivity index (χ4n) is 6.36. The molecule has 7 rings (SSSR count). The number of benzene rings is 6. The summed E-state index contributed by atoms with van der Waals surface area (Å²) in [6.07, 6.45) is 0.891. The van der Waals surface area contributed by atoms with Gasteiger partial charge in [0.2, 0.25) is 0 Å². The van der Waals surface area contributed by atoms with Crippen LogP contribution in [0.4, 0.5) is 0 Å². The zero-order valence-corrected chi connectivity index (χ0v) is 22.4. The van der Waals surface area contributed by atoms with E-state index in [-0.39, 0.29) is 5.92 Å². The molecule has 0 heterocycles. The SMILES string of the molecule is c1ccc(C2=C(c3ccccc3)C(c3ccccc3)c3c(ccc(-c4ccccc4)c3-c3ccccc3)C2)cc1. The summed E-state index contributed by atoms with van der Waals surface area (Å²) < 4.78 is 0. The van der Waals surface area contributed by atoms with E-state index >= 15 is 0 Å². The first-order valence-electron chi connectivity index (χ1n) is 14.0. The molecular formula is C40H30. The Morgan fingerprint density at radius 3 is 1.45 bits per heavy atom. The van der Waals surface area contributed by atoms with Crippen LogP contribution in [0.3, 0.4) is 0 Å². The van der Waals surface area contributed by atoms with Gasteiger partial charge < -0.3 is 0 Å².